The summed E-state index contributed by atoms with van der Waals surface area (Å²) in [4.78, 5) is 25.2. The molecule has 1 atom stereocenters. The highest BCUT2D eigenvalue weighted by molar-refractivity contribution is 6.30. The van der Waals surface area contributed by atoms with Gasteiger partial charge < -0.3 is 9.47 Å². The van der Waals surface area contributed by atoms with Crippen molar-refractivity contribution in [1.82, 2.24) is 4.90 Å². The van der Waals surface area contributed by atoms with Gasteiger partial charge in [-0.3, -0.25) is 4.90 Å². The topological polar surface area (TPSA) is 55.8 Å². The van der Waals surface area contributed by atoms with E-state index >= 15 is 0 Å². The van der Waals surface area contributed by atoms with Gasteiger partial charge in [-0.1, -0.05) is 17.7 Å². The number of hydrogen-bond acceptors (Lipinski definition) is 4. The van der Waals surface area contributed by atoms with Crippen molar-refractivity contribution in [3.8, 4) is 0 Å². The fourth-order valence-electron chi connectivity index (χ4n) is 2.30. The number of rotatable bonds is 2. The molecule has 0 spiro atoms. The van der Waals surface area contributed by atoms with Crippen LogP contribution in [0.4, 0.5) is 4.79 Å². The lowest BCUT2D eigenvalue weighted by Gasteiger charge is -2.34. The van der Waals surface area contributed by atoms with Crippen molar-refractivity contribution in [2.24, 2.45) is 0 Å². The van der Waals surface area contributed by atoms with Crippen LogP contribution >= 0.6 is 11.6 Å². The molecule has 0 N–H and O–H groups in total. The third kappa shape index (κ3) is 2.88. The summed E-state index contributed by atoms with van der Waals surface area (Å²) >= 11 is 5.97. The van der Waals surface area contributed by atoms with Gasteiger partial charge in [-0.05, 0) is 30.2 Å². The Morgan fingerprint density at radius 1 is 1.40 bits per heavy atom. The molecule has 5 nitrogen and oxygen atoms in total. The Morgan fingerprint density at radius 3 is 2.80 bits per heavy atom. The van der Waals surface area contributed by atoms with Crippen molar-refractivity contribution < 1.29 is 19.1 Å². The minimum Gasteiger partial charge on any atom is -0.467 e. The molecule has 6 heteroatoms. The summed E-state index contributed by atoms with van der Waals surface area (Å²) in [5.74, 6) is -0.455. The molecule has 0 aliphatic carbocycles. The van der Waals surface area contributed by atoms with Crippen LogP contribution in [0, 0.1) is 0 Å². The minimum absolute atomic E-state index is 0.261. The van der Waals surface area contributed by atoms with E-state index in [1.807, 2.05) is 12.1 Å². The lowest BCUT2D eigenvalue weighted by molar-refractivity contribution is -0.147. The SMILES string of the molecule is CCOC(=O)N1Cc2ccc(Cl)cc2C[C@@H]1C(=O)OC. The molecule has 0 aromatic heterocycles. The quantitative estimate of drug-likeness (QED) is 0.787. The molecule has 1 amide bonds. The number of hydrogen-bond donors (Lipinski definition) is 0. The van der Waals surface area contributed by atoms with E-state index in [-0.39, 0.29) is 6.61 Å². The van der Waals surface area contributed by atoms with Gasteiger partial charge in [0.25, 0.3) is 0 Å². The lowest BCUT2D eigenvalue weighted by Crippen LogP contribution is -2.49. The first-order chi connectivity index (χ1) is 9.56. The van der Waals surface area contributed by atoms with Gasteiger partial charge in [-0.15, -0.1) is 0 Å². The second kappa shape index (κ2) is 6.13. The van der Waals surface area contributed by atoms with Gasteiger partial charge in [0.1, 0.15) is 6.04 Å². The maximum Gasteiger partial charge on any atom is 0.410 e. The average Bonchev–Trinajstić information content (AvgIpc) is 2.45. The standard InChI is InChI=1S/C14H16ClNO4/c1-3-20-14(18)16-8-9-4-5-11(15)6-10(9)7-12(16)13(17)19-2/h4-6,12H,3,7-8H2,1-2H3/t12-/m1/s1. The van der Waals surface area contributed by atoms with E-state index in [1.165, 1.54) is 12.0 Å². The summed E-state index contributed by atoms with van der Waals surface area (Å²) < 4.78 is 9.77. The monoisotopic (exact) mass is 297 g/mol. The van der Waals surface area contributed by atoms with E-state index in [9.17, 15) is 9.59 Å². The summed E-state index contributed by atoms with van der Waals surface area (Å²) in [6.07, 6.45) is -0.134. The molecular weight excluding hydrogens is 282 g/mol. The maximum absolute atomic E-state index is 12.0. The predicted octanol–water partition coefficient (Wildman–Crippen LogP) is 2.40. The Labute approximate surface area is 122 Å². The Hall–Kier alpha value is -1.75. The molecule has 0 radical (unpaired) electrons. The first-order valence-electron chi connectivity index (χ1n) is 6.35. The van der Waals surface area contributed by atoms with E-state index in [2.05, 4.69) is 0 Å². The second-order valence-corrected chi connectivity index (χ2v) is 4.92. The van der Waals surface area contributed by atoms with Gasteiger partial charge in [0.05, 0.1) is 20.3 Å². The van der Waals surface area contributed by atoms with Gasteiger partial charge in [-0.2, -0.15) is 0 Å². The number of methoxy groups -OCH3 is 1. The zero-order chi connectivity index (χ0) is 14.7. The van der Waals surface area contributed by atoms with Crippen LogP contribution in [-0.4, -0.2) is 36.7 Å². The molecule has 0 saturated heterocycles. The molecule has 0 saturated carbocycles. The third-order valence-electron chi connectivity index (χ3n) is 3.27. The summed E-state index contributed by atoms with van der Waals surface area (Å²) in [5.41, 5.74) is 1.91. The number of benzene rings is 1. The predicted molar refractivity (Wildman–Crippen MR) is 73.5 cm³/mol. The van der Waals surface area contributed by atoms with Gasteiger partial charge >= 0.3 is 12.1 Å². The summed E-state index contributed by atoms with van der Waals surface area (Å²) in [7, 11) is 1.30. The van der Waals surface area contributed by atoms with Crippen LogP contribution in [0.25, 0.3) is 0 Å². The smallest absolute Gasteiger partial charge is 0.410 e. The fourth-order valence-corrected chi connectivity index (χ4v) is 2.49. The summed E-state index contributed by atoms with van der Waals surface area (Å²) in [6, 6.07) is 4.76. The van der Waals surface area contributed by atoms with Crippen molar-refractivity contribution in [3.05, 3.63) is 34.3 Å². The second-order valence-electron chi connectivity index (χ2n) is 4.48. The highest BCUT2D eigenvalue weighted by Gasteiger charge is 2.36. The van der Waals surface area contributed by atoms with Crippen LogP contribution in [0.2, 0.25) is 5.02 Å². The Kier molecular flexibility index (Phi) is 4.49. The summed E-state index contributed by atoms with van der Waals surface area (Å²) in [5, 5.41) is 0.608. The van der Waals surface area contributed by atoms with E-state index in [1.54, 1.807) is 13.0 Å². The van der Waals surface area contributed by atoms with E-state index < -0.39 is 18.1 Å². The zero-order valence-corrected chi connectivity index (χ0v) is 12.1. The van der Waals surface area contributed by atoms with Crippen molar-refractivity contribution in [2.45, 2.75) is 25.9 Å². The molecule has 1 aliphatic rings. The Morgan fingerprint density at radius 2 is 2.15 bits per heavy atom. The van der Waals surface area contributed by atoms with Crippen molar-refractivity contribution in [1.29, 1.82) is 0 Å². The van der Waals surface area contributed by atoms with Crippen LogP contribution < -0.4 is 0 Å². The molecule has 1 aliphatic heterocycles. The number of carbonyl (C=O) groups excluding carboxylic acids is 2. The number of carbonyl (C=O) groups is 2. The van der Waals surface area contributed by atoms with Crippen LogP contribution in [-0.2, 0) is 27.2 Å². The molecule has 0 unspecified atom stereocenters. The number of nitrogens with zero attached hydrogens (tertiary/aromatic N) is 1. The van der Waals surface area contributed by atoms with Crippen molar-refractivity contribution in [3.63, 3.8) is 0 Å². The molecular formula is C14H16ClNO4. The molecule has 2 rings (SSSR count). The van der Waals surface area contributed by atoms with Crippen LogP contribution in [0.5, 0.6) is 0 Å². The molecule has 108 valence electrons. The van der Waals surface area contributed by atoms with Crippen molar-refractivity contribution >= 4 is 23.7 Å². The normalized spacial score (nSPS) is 17.4. The zero-order valence-electron chi connectivity index (χ0n) is 11.4. The van der Waals surface area contributed by atoms with Gasteiger partial charge in [0.15, 0.2) is 0 Å². The molecule has 1 aromatic carbocycles. The molecule has 0 bridgehead atoms. The van der Waals surface area contributed by atoms with Gasteiger partial charge in [0, 0.05) is 11.4 Å². The highest BCUT2D eigenvalue weighted by atomic mass is 35.5. The largest absolute Gasteiger partial charge is 0.467 e. The molecule has 0 fully saturated rings. The molecule has 1 heterocycles. The number of halogens is 1. The van der Waals surface area contributed by atoms with E-state index in [0.717, 1.165) is 11.1 Å². The number of esters is 1. The van der Waals surface area contributed by atoms with E-state index in [0.29, 0.717) is 18.0 Å². The average molecular weight is 298 g/mol. The summed E-state index contributed by atoms with van der Waals surface area (Å²) in [6.45, 7) is 2.30. The first-order valence-corrected chi connectivity index (χ1v) is 6.73. The Balaban J connectivity index is 2.32. The fraction of sp³-hybridized carbons (Fsp3) is 0.429. The van der Waals surface area contributed by atoms with Crippen LogP contribution in [0.3, 0.4) is 0 Å². The number of fused-ring (bicyclic) bond motifs is 1. The van der Waals surface area contributed by atoms with Crippen LogP contribution in [0.1, 0.15) is 18.1 Å². The lowest BCUT2D eigenvalue weighted by atomic mass is 9.94. The van der Waals surface area contributed by atoms with Crippen molar-refractivity contribution in [2.75, 3.05) is 13.7 Å². The van der Waals surface area contributed by atoms with E-state index in [4.69, 9.17) is 21.1 Å². The highest BCUT2D eigenvalue weighted by Crippen LogP contribution is 2.27. The Bertz CT molecular complexity index is 532. The van der Waals surface area contributed by atoms with Crippen LogP contribution in [0.15, 0.2) is 18.2 Å². The molecule has 20 heavy (non-hydrogen) atoms. The third-order valence-corrected chi connectivity index (χ3v) is 3.51. The number of ether oxygens (including phenoxy) is 2. The van der Waals surface area contributed by atoms with Gasteiger partial charge in [0.2, 0.25) is 0 Å². The first kappa shape index (κ1) is 14.7. The minimum atomic E-state index is -0.676. The maximum atomic E-state index is 12.0. The number of amides is 1. The van der Waals surface area contributed by atoms with Gasteiger partial charge in [-0.25, -0.2) is 9.59 Å². The molecule has 1 aromatic rings.